The fourth-order valence-corrected chi connectivity index (χ4v) is 2.76. The zero-order valence-corrected chi connectivity index (χ0v) is 11.6. The largest absolute Gasteiger partial charge is 0.508 e. The lowest BCUT2D eigenvalue weighted by atomic mass is 10.2. The second-order valence-corrected chi connectivity index (χ2v) is 5.47. The molecule has 0 radical (unpaired) electrons. The number of para-hydroxylation sites is 1. The summed E-state index contributed by atoms with van der Waals surface area (Å²) in [5.41, 5.74) is 0.870. The molecule has 0 aliphatic carbocycles. The Morgan fingerprint density at radius 1 is 1.19 bits per heavy atom. The SMILES string of the molecule is O=C(OCc1nc2ccccc2s1)c1ccc(O)cc1O. The van der Waals surface area contributed by atoms with E-state index in [0.29, 0.717) is 5.01 Å². The fourth-order valence-electron chi connectivity index (χ4n) is 1.88. The summed E-state index contributed by atoms with van der Waals surface area (Å²) in [4.78, 5) is 16.2. The molecule has 0 saturated heterocycles. The smallest absolute Gasteiger partial charge is 0.342 e. The Labute approximate surface area is 124 Å². The third-order valence-corrected chi connectivity index (χ3v) is 3.88. The van der Waals surface area contributed by atoms with Crippen LogP contribution in [0.1, 0.15) is 15.4 Å². The molecule has 1 heterocycles. The molecule has 0 saturated carbocycles. The lowest BCUT2D eigenvalue weighted by Crippen LogP contribution is -2.05. The molecule has 1 aromatic heterocycles. The molecule has 3 aromatic rings. The molecular weight excluding hydrogens is 290 g/mol. The summed E-state index contributed by atoms with van der Waals surface area (Å²) in [6, 6.07) is 11.4. The average Bonchev–Trinajstić information content (AvgIpc) is 2.87. The van der Waals surface area contributed by atoms with E-state index in [-0.39, 0.29) is 23.7 Å². The number of carbonyl (C=O) groups excluding carboxylic acids is 1. The molecular formula is C15H11NO4S. The highest BCUT2D eigenvalue weighted by Gasteiger charge is 2.14. The molecule has 0 atom stereocenters. The first-order chi connectivity index (χ1) is 10.1. The first-order valence-electron chi connectivity index (χ1n) is 6.17. The Balaban J connectivity index is 1.73. The Morgan fingerprint density at radius 2 is 2.00 bits per heavy atom. The van der Waals surface area contributed by atoms with E-state index in [9.17, 15) is 15.0 Å². The molecule has 0 spiro atoms. The number of carbonyl (C=O) groups is 1. The zero-order chi connectivity index (χ0) is 14.8. The maximum absolute atomic E-state index is 11.9. The molecule has 0 aliphatic heterocycles. The van der Waals surface area contributed by atoms with Gasteiger partial charge in [0.25, 0.3) is 0 Å². The summed E-state index contributed by atoms with van der Waals surface area (Å²) >= 11 is 1.45. The van der Waals surface area contributed by atoms with Crippen LogP contribution in [-0.2, 0) is 11.3 Å². The second kappa shape index (κ2) is 5.41. The van der Waals surface area contributed by atoms with Crippen molar-refractivity contribution in [1.82, 2.24) is 4.98 Å². The predicted octanol–water partition coefficient (Wildman–Crippen LogP) is 3.06. The number of phenols is 2. The van der Waals surface area contributed by atoms with Crippen molar-refractivity contribution in [3.05, 3.63) is 53.0 Å². The highest BCUT2D eigenvalue weighted by molar-refractivity contribution is 7.18. The molecule has 3 rings (SSSR count). The molecule has 106 valence electrons. The van der Waals surface area contributed by atoms with Crippen molar-refractivity contribution >= 4 is 27.5 Å². The van der Waals surface area contributed by atoms with Crippen molar-refractivity contribution in [2.24, 2.45) is 0 Å². The topological polar surface area (TPSA) is 79.7 Å². The van der Waals surface area contributed by atoms with E-state index in [4.69, 9.17) is 4.74 Å². The quantitative estimate of drug-likeness (QED) is 0.727. The molecule has 0 unspecified atom stereocenters. The van der Waals surface area contributed by atoms with Crippen LogP contribution in [0.2, 0.25) is 0 Å². The number of phenolic OH excluding ortho intramolecular Hbond substituents is 2. The van der Waals surface area contributed by atoms with Crippen LogP contribution in [-0.4, -0.2) is 21.2 Å². The van der Waals surface area contributed by atoms with Gasteiger partial charge in [0.05, 0.1) is 10.2 Å². The summed E-state index contributed by atoms with van der Waals surface area (Å²) < 4.78 is 6.16. The minimum atomic E-state index is -0.660. The number of thiazole rings is 1. The van der Waals surface area contributed by atoms with Crippen LogP contribution in [0.25, 0.3) is 10.2 Å². The molecule has 21 heavy (non-hydrogen) atoms. The molecule has 0 aliphatic rings. The van der Waals surface area contributed by atoms with Gasteiger partial charge < -0.3 is 14.9 Å². The highest BCUT2D eigenvalue weighted by atomic mass is 32.1. The van der Waals surface area contributed by atoms with Crippen LogP contribution in [0.15, 0.2) is 42.5 Å². The van der Waals surface area contributed by atoms with E-state index in [1.807, 2.05) is 24.3 Å². The number of ether oxygens (including phenoxy) is 1. The number of fused-ring (bicyclic) bond motifs is 1. The molecule has 2 N–H and O–H groups in total. The van der Waals surface area contributed by atoms with Gasteiger partial charge in [-0.15, -0.1) is 11.3 Å². The summed E-state index contributed by atoms with van der Waals surface area (Å²) in [7, 11) is 0. The molecule has 0 fully saturated rings. The van der Waals surface area contributed by atoms with Crippen molar-refractivity contribution in [3.8, 4) is 11.5 Å². The van der Waals surface area contributed by atoms with Crippen molar-refractivity contribution in [3.63, 3.8) is 0 Å². The van der Waals surface area contributed by atoms with Gasteiger partial charge in [-0.05, 0) is 24.3 Å². The summed E-state index contributed by atoms with van der Waals surface area (Å²) in [6.45, 7) is 0.0402. The van der Waals surface area contributed by atoms with Crippen LogP contribution in [0.5, 0.6) is 11.5 Å². The van der Waals surface area contributed by atoms with Gasteiger partial charge in [-0.2, -0.15) is 0 Å². The van der Waals surface area contributed by atoms with Gasteiger partial charge >= 0.3 is 5.97 Å². The normalized spacial score (nSPS) is 10.7. The lowest BCUT2D eigenvalue weighted by Gasteiger charge is -2.05. The maximum atomic E-state index is 11.9. The Morgan fingerprint density at radius 3 is 2.76 bits per heavy atom. The van der Waals surface area contributed by atoms with Gasteiger partial charge in [0, 0.05) is 6.07 Å². The van der Waals surface area contributed by atoms with Crippen LogP contribution >= 0.6 is 11.3 Å². The van der Waals surface area contributed by atoms with Crippen molar-refractivity contribution < 1.29 is 19.7 Å². The minimum absolute atomic E-state index is 0.00825. The highest BCUT2D eigenvalue weighted by Crippen LogP contribution is 2.25. The molecule has 0 bridgehead atoms. The third kappa shape index (κ3) is 2.80. The van der Waals surface area contributed by atoms with E-state index < -0.39 is 5.97 Å². The fraction of sp³-hybridized carbons (Fsp3) is 0.0667. The van der Waals surface area contributed by atoms with Gasteiger partial charge in [-0.3, -0.25) is 0 Å². The van der Waals surface area contributed by atoms with E-state index in [1.165, 1.54) is 23.5 Å². The standard InChI is InChI=1S/C15H11NO4S/c17-9-5-6-10(12(18)7-9)15(19)20-8-14-16-11-3-1-2-4-13(11)21-14/h1-7,17-18H,8H2. The third-order valence-electron chi connectivity index (χ3n) is 2.87. The zero-order valence-electron chi connectivity index (χ0n) is 10.8. The number of hydrogen-bond donors (Lipinski definition) is 2. The molecule has 2 aromatic carbocycles. The Hall–Kier alpha value is -2.60. The van der Waals surface area contributed by atoms with E-state index in [2.05, 4.69) is 4.98 Å². The average molecular weight is 301 g/mol. The summed E-state index contributed by atoms with van der Waals surface area (Å²) in [5.74, 6) is -1.09. The van der Waals surface area contributed by atoms with Crippen LogP contribution in [0, 0.1) is 0 Å². The molecule has 5 nitrogen and oxygen atoms in total. The summed E-state index contributed by atoms with van der Waals surface area (Å²) in [5, 5.41) is 19.5. The van der Waals surface area contributed by atoms with Crippen LogP contribution in [0.3, 0.4) is 0 Å². The summed E-state index contributed by atoms with van der Waals surface area (Å²) in [6.07, 6.45) is 0. The van der Waals surface area contributed by atoms with E-state index in [1.54, 1.807) is 0 Å². The number of aromatic nitrogens is 1. The first kappa shape index (κ1) is 13.4. The lowest BCUT2D eigenvalue weighted by molar-refractivity contribution is 0.0469. The minimum Gasteiger partial charge on any atom is -0.508 e. The van der Waals surface area contributed by atoms with E-state index >= 15 is 0 Å². The van der Waals surface area contributed by atoms with Crippen LogP contribution < -0.4 is 0 Å². The van der Waals surface area contributed by atoms with Gasteiger partial charge in [-0.25, -0.2) is 9.78 Å². The predicted molar refractivity (Wildman–Crippen MR) is 78.5 cm³/mol. The second-order valence-electron chi connectivity index (χ2n) is 4.35. The Bertz CT molecular complexity index is 779. The van der Waals surface area contributed by atoms with Gasteiger partial charge in [0.15, 0.2) is 0 Å². The van der Waals surface area contributed by atoms with Gasteiger partial charge in [0.2, 0.25) is 0 Å². The van der Waals surface area contributed by atoms with Crippen molar-refractivity contribution in [2.45, 2.75) is 6.61 Å². The van der Waals surface area contributed by atoms with Gasteiger partial charge in [-0.1, -0.05) is 12.1 Å². The van der Waals surface area contributed by atoms with Gasteiger partial charge in [0.1, 0.15) is 28.7 Å². The number of hydrogen-bond acceptors (Lipinski definition) is 6. The first-order valence-corrected chi connectivity index (χ1v) is 6.99. The number of aromatic hydroxyl groups is 2. The number of rotatable bonds is 3. The number of esters is 1. The van der Waals surface area contributed by atoms with E-state index in [0.717, 1.165) is 16.3 Å². The van der Waals surface area contributed by atoms with Crippen LogP contribution in [0.4, 0.5) is 0 Å². The number of benzene rings is 2. The monoisotopic (exact) mass is 301 g/mol. The van der Waals surface area contributed by atoms with Crippen molar-refractivity contribution in [1.29, 1.82) is 0 Å². The molecule has 6 heteroatoms. The number of nitrogens with zero attached hydrogens (tertiary/aromatic N) is 1. The maximum Gasteiger partial charge on any atom is 0.342 e. The molecule has 0 amide bonds. The Kier molecular flexibility index (Phi) is 3.45. The van der Waals surface area contributed by atoms with Crippen molar-refractivity contribution in [2.75, 3.05) is 0 Å².